The van der Waals surface area contributed by atoms with E-state index in [-0.39, 0.29) is 18.2 Å². The van der Waals surface area contributed by atoms with E-state index in [1.807, 2.05) is 0 Å². The summed E-state index contributed by atoms with van der Waals surface area (Å²) in [5.41, 5.74) is 7.42. The summed E-state index contributed by atoms with van der Waals surface area (Å²) in [6.07, 6.45) is 1.37. The minimum Gasteiger partial charge on any atom is -0.457 e. The molecule has 0 saturated carbocycles. The Bertz CT molecular complexity index is 898. The first-order chi connectivity index (χ1) is 12.0. The van der Waals surface area contributed by atoms with Gasteiger partial charge in [-0.15, -0.1) is 0 Å². The molecule has 2 N–H and O–H groups in total. The summed E-state index contributed by atoms with van der Waals surface area (Å²) in [6, 6.07) is 13.7. The number of esters is 1. The summed E-state index contributed by atoms with van der Waals surface area (Å²) < 4.78 is 23.5. The fourth-order valence-electron chi connectivity index (χ4n) is 2.30. The molecule has 0 aliphatic rings. The average Bonchev–Trinajstić information content (AvgIpc) is 3.10. The van der Waals surface area contributed by atoms with Crippen LogP contribution in [0.1, 0.15) is 26.5 Å². The number of ether oxygens (including phenoxy) is 1. The predicted octanol–water partition coefficient (Wildman–Crippen LogP) is 3.54. The van der Waals surface area contributed by atoms with Crippen molar-refractivity contribution < 1.29 is 23.1 Å². The molecule has 1 aromatic heterocycles. The Morgan fingerprint density at radius 1 is 1.00 bits per heavy atom. The number of rotatable bonds is 5. The van der Waals surface area contributed by atoms with E-state index in [0.29, 0.717) is 22.3 Å². The average molecular weight is 339 g/mol. The van der Waals surface area contributed by atoms with Crippen LogP contribution in [0.15, 0.2) is 65.3 Å². The molecule has 0 radical (unpaired) electrons. The van der Waals surface area contributed by atoms with Gasteiger partial charge in [0.25, 0.3) is 0 Å². The summed E-state index contributed by atoms with van der Waals surface area (Å²) in [4.78, 5) is 23.3. The maximum atomic E-state index is 13.0. The molecule has 0 saturated heterocycles. The van der Waals surface area contributed by atoms with Gasteiger partial charge >= 0.3 is 5.97 Å². The Balaban J connectivity index is 1.71. The lowest BCUT2D eigenvalue weighted by Gasteiger charge is -2.06. The standard InChI is InChI=1S/C19H14FNO4/c20-15-7-5-13(6-8-15)16-9-10-24-17(16)19(23)25-11-12-1-3-14(4-2-12)18(21)22/h1-10H,11H2,(H2,21,22). The number of carbonyl (C=O) groups excluding carboxylic acids is 2. The summed E-state index contributed by atoms with van der Waals surface area (Å²) in [7, 11) is 0. The summed E-state index contributed by atoms with van der Waals surface area (Å²) >= 11 is 0. The third-order valence-corrected chi connectivity index (χ3v) is 3.61. The molecule has 0 spiro atoms. The number of hydrogen-bond donors (Lipinski definition) is 1. The summed E-state index contributed by atoms with van der Waals surface area (Å²) in [5.74, 6) is -1.48. The highest BCUT2D eigenvalue weighted by atomic mass is 19.1. The van der Waals surface area contributed by atoms with Crippen molar-refractivity contribution in [2.24, 2.45) is 5.73 Å². The number of furan rings is 1. The first-order valence-corrected chi connectivity index (χ1v) is 7.44. The maximum absolute atomic E-state index is 13.0. The highest BCUT2D eigenvalue weighted by molar-refractivity contribution is 5.94. The molecular weight excluding hydrogens is 325 g/mol. The van der Waals surface area contributed by atoms with Crippen LogP contribution in [-0.2, 0) is 11.3 Å². The van der Waals surface area contributed by atoms with E-state index in [1.54, 1.807) is 42.5 Å². The smallest absolute Gasteiger partial charge is 0.375 e. The van der Waals surface area contributed by atoms with Crippen molar-refractivity contribution in [1.82, 2.24) is 0 Å². The topological polar surface area (TPSA) is 82.5 Å². The van der Waals surface area contributed by atoms with Crippen LogP contribution in [0.3, 0.4) is 0 Å². The molecule has 0 atom stereocenters. The van der Waals surface area contributed by atoms with E-state index in [9.17, 15) is 14.0 Å². The van der Waals surface area contributed by atoms with E-state index in [0.717, 1.165) is 0 Å². The fraction of sp³-hybridized carbons (Fsp3) is 0.0526. The zero-order chi connectivity index (χ0) is 17.8. The highest BCUT2D eigenvalue weighted by Crippen LogP contribution is 2.26. The third-order valence-electron chi connectivity index (χ3n) is 3.61. The quantitative estimate of drug-likeness (QED) is 0.721. The van der Waals surface area contributed by atoms with Crippen LogP contribution in [0.25, 0.3) is 11.1 Å². The molecule has 1 heterocycles. The second-order valence-corrected chi connectivity index (χ2v) is 5.31. The van der Waals surface area contributed by atoms with E-state index in [4.69, 9.17) is 14.9 Å². The molecule has 5 nitrogen and oxygen atoms in total. The van der Waals surface area contributed by atoms with Gasteiger partial charge in [0.2, 0.25) is 11.7 Å². The van der Waals surface area contributed by atoms with Crippen molar-refractivity contribution in [2.45, 2.75) is 6.61 Å². The molecule has 0 fully saturated rings. The predicted molar refractivity (Wildman–Crippen MR) is 88.2 cm³/mol. The molecule has 25 heavy (non-hydrogen) atoms. The number of halogens is 1. The first-order valence-electron chi connectivity index (χ1n) is 7.44. The van der Waals surface area contributed by atoms with Gasteiger partial charge in [-0.1, -0.05) is 24.3 Å². The largest absolute Gasteiger partial charge is 0.457 e. The fourth-order valence-corrected chi connectivity index (χ4v) is 2.30. The van der Waals surface area contributed by atoms with Gasteiger partial charge in [0.05, 0.1) is 6.26 Å². The van der Waals surface area contributed by atoms with E-state index >= 15 is 0 Å². The number of benzene rings is 2. The molecule has 2 aromatic carbocycles. The van der Waals surface area contributed by atoms with Crippen LogP contribution in [0, 0.1) is 5.82 Å². The number of amides is 1. The van der Waals surface area contributed by atoms with Gasteiger partial charge in [0, 0.05) is 11.1 Å². The van der Waals surface area contributed by atoms with Gasteiger partial charge < -0.3 is 14.9 Å². The second-order valence-electron chi connectivity index (χ2n) is 5.31. The molecule has 6 heteroatoms. The molecular formula is C19H14FNO4. The van der Waals surface area contributed by atoms with E-state index in [1.165, 1.54) is 18.4 Å². The summed E-state index contributed by atoms with van der Waals surface area (Å²) in [6.45, 7) is 0.0153. The normalized spacial score (nSPS) is 10.4. The lowest BCUT2D eigenvalue weighted by atomic mass is 10.1. The molecule has 3 aromatic rings. The third kappa shape index (κ3) is 3.74. The molecule has 1 amide bonds. The van der Waals surface area contributed by atoms with E-state index < -0.39 is 11.9 Å². The Hall–Kier alpha value is -3.41. The van der Waals surface area contributed by atoms with Gasteiger partial charge in [-0.05, 0) is 41.5 Å². The molecule has 3 rings (SSSR count). The molecule has 0 aliphatic heterocycles. The minimum absolute atomic E-state index is 0.0153. The van der Waals surface area contributed by atoms with Crippen LogP contribution in [-0.4, -0.2) is 11.9 Å². The first kappa shape index (κ1) is 16.4. The summed E-state index contributed by atoms with van der Waals surface area (Å²) in [5, 5.41) is 0. The zero-order valence-electron chi connectivity index (χ0n) is 13.1. The van der Waals surface area contributed by atoms with Crippen molar-refractivity contribution >= 4 is 11.9 Å². The van der Waals surface area contributed by atoms with Crippen molar-refractivity contribution in [3.63, 3.8) is 0 Å². The highest BCUT2D eigenvalue weighted by Gasteiger charge is 2.18. The lowest BCUT2D eigenvalue weighted by Crippen LogP contribution is -2.11. The van der Waals surface area contributed by atoms with Crippen molar-refractivity contribution in [1.29, 1.82) is 0 Å². The molecule has 0 unspecified atom stereocenters. The van der Waals surface area contributed by atoms with Gasteiger partial charge in [0.15, 0.2) is 0 Å². The van der Waals surface area contributed by atoms with Gasteiger partial charge in [-0.3, -0.25) is 4.79 Å². The van der Waals surface area contributed by atoms with Gasteiger partial charge in [-0.25, -0.2) is 9.18 Å². The van der Waals surface area contributed by atoms with Crippen molar-refractivity contribution in [3.8, 4) is 11.1 Å². The van der Waals surface area contributed by atoms with Crippen LogP contribution in [0.2, 0.25) is 0 Å². The number of hydrogen-bond acceptors (Lipinski definition) is 4. The second kappa shape index (κ2) is 7.00. The van der Waals surface area contributed by atoms with Gasteiger partial charge in [-0.2, -0.15) is 0 Å². The molecule has 0 aliphatic carbocycles. The Morgan fingerprint density at radius 3 is 2.32 bits per heavy atom. The SMILES string of the molecule is NC(=O)c1ccc(COC(=O)c2occc2-c2ccc(F)cc2)cc1. The minimum atomic E-state index is -0.636. The van der Waals surface area contributed by atoms with E-state index in [2.05, 4.69) is 0 Å². The lowest BCUT2D eigenvalue weighted by molar-refractivity contribution is 0.0437. The van der Waals surface area contributed by atoms with Crippen LogP contribution in [0.5, 0.6) is 0 Å². The number of nitrogens with two attached hydrogens (primary N) is 1. The molecule has 126 valence electrons. The van der Waals surface area contributed by atoms with Crippen molar-refractivity contribution in [2.75, 3.05) is 0 Å². The monoisotopic (exact) mass is 339 g/mol. The van der Waals surface area contributed by atoms with Crippen LogP contribution in [0.4, 0.5) is 4.39 Å². The van der Waals surface area contributed by atoms with Gasteiger partial charge in [0.1, 0.15) is 12.4 Å². The van der Waals surface area contributed by atoms with Crippen molar-refractivity contribution in [3.05, 3.63) is 83.6 Å². The Kier molecular flexibility index (Phi) is 4.61. The Morgan fingerprint density at radius 2 is 1.68 bits per heavy atom. The Labute approximate surface area is 142 Å². The number of primary amides is 1. The zero-order valence-corrected chi connectivity index (χ0v) is 13.1. The maximum Gasteiger partial charge on any atom is 0.375 e. The van der Waals surface area contributed by atoms with Crippen LogP contribution >= 0.6 is 0 Å². The number of carbonyl (C=O) groups is 2. The molecule has 0 bridgehead atoms. The van der Waals surface area contributed by atoms with Crippen LogP contribution < -0.4 is 5.73 Å².